The van der Waals surface area contributed by atoms with Crippen LogP contribution in [0.4, 0.5) is 8.78 Å². The van der Waals surface area contributed by atoms with Crippen molar-refractivity contribution in [2.24, 2.45) is 0 Å². The van der Waals surface area contributed by atoms with E-state index in [4.69, 9.17) is 5.11 Å². The van der Waals surface area contributed by atoms with Crippen molar-refractivity contribution in [2.45, 2.75) is 18.5 Å². The molecule has 2 aromatic rings. The first-order valence-electron chi connectivity index (χ1n) is 5.90. The predicted octanol–water partition coefficient (Wildman–Crippen LogP) is 2.89. The molecule has 0 spiro atoms. The lowest BCUT2D eigenvalue weighted by Gasteiger charge is -2.11. The van der Waals surface area contributed by atoms with Crippen molar-refractivity contribution in [1.82, 2.24) is 9.55 Å². The molecule has 0 radical (unpaired) electrons. The Morgan fingerprint density at radius 3 is 2.85 bits per heavy atom. The normalized spacial score (nSPS) is 10.8. The molecular weight excluding hydrogens is 286 g/mol. The van der Waals surface area contributed by atoms with Gasteiger partial charge in [0.05, 0.1) is 11.4 Å². The molecule has 0 unspecified atom stereocenters. The van der Waals surface area contributed by atoms with E-state index >= 15 is 0 Å². The Morgan fingerprint density at radius 2 is 2.20 bits per heavy atom. The standard InChI is InChI=1S/C13H12F2N2O2S/c1-2-8-6-16-13(20-7-11(18)19)17(8)10-5-3-4-9(14)12(10)15/h3-6H,2,7H2,1H3,(H,18,19). The Hall–Kier alpha value is -1.89. The molecule has 0 bridgehead atoms. The molecule has 0 saturated carbocycles. The monoisotopic (exact) mass is 298 g/mol. The van der Waals surface area contributed by atoms with Gasteiger partial charge in [-0.1, -0.05) is 24.8 Å². The molecular formula is C13H12F2N2O2S. The van der Waals surface area contributed by atoms with Crippen LogP contribution in [0.1, 0.15) is 12.6 Å². The van der Waals surface area contributed by atoms with Crippen LogP contribution in [0.3, 0.4) is 0 Å². The van der Waals surface area contributed by atoms with Crippen molar-refractivity contribution in [3.8, 4) is 5.69 Å². The van der Waals surface area contributed by atoms with Gasteiger partial charge in [0, 0.05) is 11.9 Å². The highest BCUT2D eigenvalue weighted by Gasteiger charge is 2.17. The van der Waals surface area contributed by atoms with Crippen molar-refractivity contribution >= 4 is 17.7 Å². The van der Waals surface area contributed by atoms with Crippen molar-refractivity contribution < 1.29 is 18.7 Å². The topological polar surface area (TPSA) is 55.1 Å². The molecule has 0 aliphatic rings. The molecule has 1 aromatic heterocycles. The summed E-state index contributed by atoms with van der Waals surface area (Å²) < 4.78 is 28.7. The van der Waals surface area contributed by atoms with Crippen LogP contribution in [-0.2, 0) is 11.2 Å². The molecule has 1 N–H and O–H groups in total. The second kappa shape index (κ2) is 6.04. The van der Waals surface area contributed by atoms with Crippen molar-refractivity contribution in [2.75, 3.05) is 5.75 Å². The van der Waals surface area contributed by atoms with Crippen LogP contribution in [-0.4, -0.2) is 26.4 Å². The molecule has 0 aliphatic heterocycles. The number of carboxylic acid groups (broad SMARTS) is 1. The van der Waals surface area contributed by atoms with Gasteiger partial charge in [-0.25, -0.2) is 13.8 Å². The molecule has 106 valence electrons. The number of rotatable bonds is 5. The van der Waals surface area contributed by atoms with Gasteiger partial charge in [0.25, 0.3) is 0 Å². The number of thioether (sulfide) groups is 1. The minimum absolute atomic E-state index is 0.0345. The number of hydrogen-bond donors (Lipinski definition) is 1. The molecule has 0 aliphatic carbocycles. The molecule has 0 fully saturated rings. The fourth-order valence-electron chi connectivity index (χ4n) is 1.77. The van der Waals surface area contributed by atoms with Crippen LogP contribution in [0, 0.1) is 11.6 Å². The first kappa shape index (κ1) is 14.5. The molecule has 0 amide bonds. The quantitative estimate of drug-likeness (QED) is 0.862. The molecule has 0 atom stereocenters. The minimum Gasteiger partial charge on any atom is -0.481 e. The molecule has 2 rings (SSSR count). The average Bonchev–Trinajstić information content (AvgIpc) is 2.82. The lowest BCUT2D eigenvalue weighted by atomic mass is 10.2. The van der Waals surface area contributed by atoms with Crippen LogP contribution >= 0.6 is 11.8 Å². The Morgan fingerprint density at radius 1 is 1.45 bits per heavy atom. The van der Waals surface area contributed by atoms with Gasteiger partial charge in [0.2, 0.25) is 0 Å². The van der Waals surface area contributed by atoms with E-state index in [2.05, 4.69) is 4.98 Å². The number of imidazole rings is 1. The van der Waals surface area contributed by atoms with Crippen LogP contribution in [0.5, 0.6) is 0 Å². The van der Waals surface area contributed by atoms with E-state index in [-0.39, 0.29) is 11.4 Å². The summed E-state index contributed by atoms with van der Waals surface area (Å²) in [4.78, 5) is 14.7. The predicted molar refractivity (Wildman–Crippen MR) is 71.2 cm³/mol. The van der Waals surface area contributed by atoms with E-state index in [0.717, 1.165) is 17.8 Å². The van der Waals surface area contributed by atoms with Gasteiger partial charge >= 0.3 is 5.97 Å². The third-order valence-corrected chi connectivity index (χ3v) is 3.60. The summed E-state index contributed by atoms with van der Waals surface area (Å²) in [7, 11) is 0. The van der Waals surface area contributed by atoms with Crippen LogP contribution in [0.25, 0.3) is 5.69 Å². The second-order valence-corrected chi connectivity index (χ2v) is 4.92. The van der Waals surface area contributed by atoms with Crippen LogP contribution in [0.15, 0.2) is 29.6 Å². The number of aryl methyl sites for hydroxylation is 1. The highest BCUT2D eigenvalue weighted by atomic mass is 32.2. The van der Waals surface area contributed by atoms with Crippen molar-refractivity contribution in [3.63, 3.8) is 0 Å². The summed E-state index contributed by atoms with van der Waals surface area (Å²) in [5, 5.41) is 9.03. The third-order valence-electron chi connectivity index (χ3n) is 2.66. The first-order chi connectivity index (χ1) is 9.54. The number of aliphatic carboxylic acids is 1. The first-order valence-corrected chi connectivity index (χ1v) is 6.88. The zero-order valence-corrected chi connectivity index (χ0v) is 11.5. The zero-order valence-electron chi connectivity index (χ0n) is 10.6. The number of halogens is 2. The lowest BCUT2D eigenvalue weighted by Crippen LogP contribution is -2.06. The number of nitrogens with zero attached hydrogens (tertiary/aromatic N) is 2. The van der Waals surface area contributed by atoms with Gasteiger partial charge in [-0.2, -0.15) is 0 Å². The van der Waals surface area contributed by atoms with Crippen molar-refractivity contribution in [3.05, 3.63) is 41.7 Å². The largest absolute Gasteiger partial charge is 0.481 e. The number of carbonyl (C=O) groups is 1. The molecule has 0 saturated heterocycles. The minimum atomic E-state index is -0.998. The summed E-state index contributed by atoms with van der Waals surface area (Å²) in [5.41, 5.74) is 0.717. The SMILES string of the molecule is CCc1cnc(SCC(=O)O)n1-c1cccc(F)c1F. The summed E-state index contributed by atoms with van der Waals surface area (Å²) in [6.07, 6.45) is 2.10. The maximum Gasteiger partial charge on any atom is 0.313 e. The van der Waals surface area contributed by atoms with E-state index in [0.29, 0.717) is 17.3 Å². The number of aromatic nitrogens is 2. The lowest BCUT2D eigenvalue weighted by molar-refractivity contribution is -0.133. The number of carboxylic acids is 1. The van der Waals surface area contributed by atoms with Crippen molar-refractivity contribution in [1.29, 1.82) is 0 Å². The van der Waals surface area contributed by atoms with Gasteiger partial charge in [0.15, 0.2) is 16.8 Å². The summed E-state index contributed by atoms with van der Waals surface area (Å²) in [6.45, 7) is 1.86. The molecule has 4 nitrogen and oxygen atoms in total. The summed E-state index contributed by atoms with van der Waals surface area (Å²) in [6, 6.07) is 3.87. The van der Waals surface area contributed by atoms with Gasteiger partial charge < -0.3 is 5.11 Å². The van der Waals surface area contributed by atoms with E-state index in [1.807, 2.05) is 6.92 Å². The van der Waals surface area contributed by atoms with Gasteiger partial charge in [-0.3, -0.25) is 9.36 Å². The van der Waals surface area contributed by atoms with Gasteiger partial charge in [-0.15, -0.1) is 0 Å². The van der Waals surface area contributed by atoms with Gasteiger partial charge in [0.1, 0.15) is 0 Å². The van der Waals surface area contributed by atoms with Crippen LogP contribution < -0.4 is 0 Å². The second-order valence-electron chi connectivity index (χ2n) is 3.98. The average molecular weight is 298 g/mol. The fraction of sp³-hybridized carbons (Fsp3) is 0.231. The summed E-state index contributed by atoms with van der Waals surface area (Å²) >= 11 is 0.964. The Labute approximate surface area is 118 Å². The van der Waals surface area contributed by atoms with E-state index in [9.17, 15) is 13.6 Å². The number of hydrogen-bond acceptors (Lipinski definition) is 3. The smallest absolute Gasteiger partial charge is 0.313 e. The molecule has 1 aromatic carbocycles. The maximum absolute atomic E-state index is 13.9. The maximum atomic E-state index is 13.9. The van der Waals surface area contributed by atoms with Crippen LogP contribution in [0.2, 0.25) is 0 Å². The molecule has 7 heteroatoms. The number of benzene rings is 1. The molecule has 1 heterocycles. The van der Waals surface area contributed by atoms with E-state index < -0.39 is 17.6 Å². The van der Waals surface area contributed by atoms with Gasteiger partial charge in [-0.05, 0) is 18.6 Å². The van der Waals surface area contributed by atoms with E-state index in [1.165, 1.54) is 22.9 Å². The molecule has 20 heavy (non-hydrogen) atoms. The zero-order chi connectivity index (χ0) is 14.7. The highest BCUT2D eigenvalue weighted by Crippen LogP contribution is 2.26. The highest BCUT2D eigenvalue weighted by molar-refractivity contribution is 7.99. The summed E-state index contributed by atoms with van der Waals surface area (Å²) in [5.74, 6) is -3.12. The Bertz CT molecular complexity index is 643. The fourth-order valence-corrected chi connectivity index (χ4v) is 2.49. The Balaban J connectivity index is 2.50. The third kappa shape index (κ3) is 2.82. The van der Waals surface area contributed by atoms with E-state index in [1.54, 1.807) is 0 Å². The Kier molecular flexibility index (Phi) is 4.39.